The van der Waals surface area contributed by atoms with Crippen LogP contribution in [0.1, 0.15) is 6.23 Å². The number of nitrogen functional groups attached to an aromatic ring is 1. The topological polar surface area (TPSA) is 279 Å². The molecule has 2 aromatic heterocycles. The fraction of sp³-hybridized carbons (Fsp3) is 0.500. The third-order valence-corrected chi connectivity index (χ3v) is 7.05. The van der Waals surface area contributed by atoms with Gasteiger partial charge in [-0.1, -0.05) is 0 Å². The lowest BCUT2D eigenvalue weighted by atomic mass is 10.2. The zero-order valence-corrected chi connectivity index (χ0v) is 17.6. The first kappa shape index (κ1) is 24.3. The maximum Gasteiger partial charge on any atom is 0.481 e. The number of hydrogen-bond acceptors (Lipinski definition) is 13. The Kier molecular flexibility index (Phi) is 6.68. The van der Waals surface area contributed by atoms with Crippen molar-refractivity contribution in [3.8, 4) is 0 Å². The molecule has 2 unspecified atom stereocenters. The number of hydrogen-bond donors (Lipinski definition) is 7. The highest BCUT2D eigenvalue weighted by Gasteiger charge is 2.48. The van der Waals surface area contributed by atoms with Gasteiger partial charge in [-0.25, -0.2) is 24.1 Å². The zero-order valence-electron chi connectivity index (χ0n) is 14.9. The van der Waals surface area contributed by atoms with E-state index in [1.165, 1.54) is 0 Å². The minimum Gasteiger partial charge on any atom is -0.385 e. The molecule has 6 atom stereocenters. The summed E-state index contributed by atoms with van der Waals surface area (Å²) in [7, 11) is -15.9. The van der Waals surface area contributed by atoms with Crippen molar-refractivity contribution in [1.82, 2.24) is 19.5 Å². The van der Waals surface area contributed by atoms with Crippen molar-refractivity contribution in [2.45, 2.75) is 24.7 Å². The molecule has 21 heteroatoms. The summed E-state index contributed by atoms with van der Waals surface area (Å²) in [4.78, 5) is 47.5. The van der Waals surface area contributed by atoms with Gasteiger partial charge in [-0.05, 0) is 0 Å². The molecule has 3 rings (SSSR count). The molecule has 18 nitrogen and oxygen atoms in total. The first-order valence-corrected chi connectivity index (χ1v) is 12.7. The summed E-state index contributed by atoms with van der Waals surface area (Å²) in [6.07, 6.45) is -6.24. The third-order valence-electron chi connectivity index (χ3n) is 3.72. The Hall–Kier alpha value is -1.36. The number of aromatic nitrogens is 4. The molecule has 0 amide bonds. The van der Waals surface area contributed by atoms with E-state index in [4.69, 9.17) is 25.2 Å². The number of rotatable bonds is 8. The highest BCUT2D eigenvalue weighted by molar-refractivity contribution is 7.61. The largest absolute Gasteiger partial charge is 0.481 e. The number of phosphoric ester groups is 1. The van der Waals surface area contributed by atoms with Gasteiger partial charge in [0.15, 0.2) is 30.3 Å². The molecule has 0 radical (unpaired) electrons. The van der Waals surface area contributed by atoms with Gasteiger partial charge in [0.25, 0.3) is 0 Å². The van der Waals surface area contributed by atoms with E-state index in [9.17, 15) is 28.8 Å². The van der Waals surface area contributed by atoms with Crippen LogP contribution in [0.15, 0.2) is 12.7 Å². The number of nitrogens with two attached hydrogens (primary N) is 1. The molecule has 2 aromatic rings. The first-order valence-electron chi connectivity index (χ1n) is 7.88. The summed E-state index contributed by atoms with van der Waals surface area (Å²) in [5.74, 6) is 0.0209. The van der Waals surface area contributed by atoms with Crippen molar-refractivity contribution in [2.24, 2.45) is 0 Å². The van der Waals surface area contributed by atoms with Gasteiger partial charge >= 0.3 is 23.2 Å². The van der Waals surface area contributed by atoms with Crippen LogP contribution in [0.2, 0.25) is 0 Å². The van der Waals surface area contributed by atoms with Crippen LogP contribution in [-0.2, 0) is 31.8 Å². The molecule has 3 heterocycles. The highest BCUT2D eigenvalue weighted by atomic mass is 31.3. The summed E-state index contributed by atoms with van der Waals surface area (Å²) in [6.45, 7) is 0. The standard InChI is InChI=1S/C10H16N5O13P3/c11-7-4-8(13-1-12-7)15(2-14-4)9-5(16)6(17)10(26-9)27-29(18,19)3-25-31(23,24)28-30(20,21)22/h1-2,5-6,9-10,16-17H,3H2,(H,18,19)(H,23,24)(H2,11,12,13)(H2,20,21,22)/t5-,6+,9+,10-/m1/s1. The van der Waals surface area contributed by atoms with Crippen LogP contribution < -0.4 is 5.73 Å². The first-order chi connectivity index (χ1) is 14.2. The Labute approximate surface area is 171 Å². The van der Waals surface area contributed by atoms with Gasteiger partial charge in [0.1, 0.15) is 24.1 Å². The van der Waals surface area contributed by atoms with Crippen molar-refractivity contribution < 1.29 is 61.6 Å². The molecule has 0 spiro atoms. The lowest BCUT2D eigenvalue weighted by Crippen LogP contribution is -2.32. The van der Waals surface area contributed by atoms with Crippen LogP contribution in [0, 0.1) is 0 Å². The summed E-state index contributed by atoms with van der Waals surface area (Å²) >= 11 is 0. The van der Waals surface area contributed by atoms with Gasteiger partial charge in [-0.3, -0.25) is 18.2 Å². The molecule has 8 N–H and O–H groups in total. The molecule has 1 fully saturated rings. The molecular weight excluding hydrogens is 491 g/mol. The monoisotopic (exact) mass is 507 g/mol. The van der Waals surface area contributed by atoms with Gasteiger partial charge in [0.05, 0.1) is 6.33 Å². The van der Waals surface area contributed by atoms with Crippen LogP contribution in [0.3, 0.4) is 0 Å². The summed E-state index contributed by atoms with van der Waals surface area (Å²) in [6, 6.07) is 0. The van der Waals surface area contributed by atoms with Crippen LogP contribution in [0.5, 0.6) is 0 Å². The van der Waals surface area contributed by atoms with Gasteiger partial charge in [-0.15, -0.1) is 0 Å². The van der Waals surface area contributed by atoms with Crippen molar-refractivity contribution >= 4 is 40.2 Å². The maximum atomic E-state index is 12.1. The molecule has 1 aliphatic rings. The molecule has 0 aliphatic carbocycles. The molecule has 31 heavy (non-hydrogen) atoms. The number of aliphatic hydroxyl groups is 2. The minimum atomic E-state index is -5.45. The SMILES string of the molecule is Nc1ncnc2c1ncn2[C@H]1O[C@H](OP(=O)(O)COP(=O)(O)OP(=O)(O)O)[C@@H](O)[C@H]1O. The fourth-order valence-electron chi connectivity index (χ4n) is 2.50. The number of nitrogens with zero attached hydrogens (tertiary/aromatic N) is 4. The number of fused-ring (bicyclic) bond motifs is 1. The third kappa shape index (κ3) is 5.71. The maximum absolute atomic E-state index is 12.1. The van der Waals surface area contributed by atoms with Gasteiger partial charge < -0.3 is 40.3 Å². The molecule has 0 bridgehead atoms. The predicted octanol–water partition coefficient (Wildman–Crippen LogP) is -1.63. The predicted molar refractivity (Wildman–Crippen MR) is 95.5 cm³/mol. The van der Waals surface area contributed by atoms with Crippen LogP contribution in [-0.4, -0.2) is 74.2 Å². The zero-order chi connectivity index (χ0) is 23.2. The highest BCUT2D eigenvalue weighted by Crippen LogP contribution is 2.60. The Morgan fingerprint density at radius 2 is 1.77 bits per heavy atom. The van der Waals surface area contributed by atoms with Gasteiger partial charge in [0.2, 0.25) is 0 Å². The average Bonchev–Trinajstić information content (AvgIpc) is 3.16. The van der Waals surface area contributed by atoms with E-state index in [1.807, 2.05) is 0 Å². The lowest BCUT2D eigenvalue weighted by Gasteiger charge is -2.20. The Bertz CT molecular complexity index is 1100. The van der Waals surface area contributed by atoms with Gasteiger partial charge in [-0.2, -0.15) is 4.31 Å². The van der Waals surface area contributed by atoms with E-state index in [2.05, 4.69) is 28.3 Å². The molecule has 0 saturated carbocycles. The van der Waals surface area contributed by atoms with E-state index in [1.54, 1.807) is 0 Å². The number of aliphatic hydroxyl groups excluding tert-OH is 2. The van der Waals surface area contributed by atoms with E-state index in [-0.39, 0.29) is 17.0 Å². The van der Waals surface area contributed by atoms with E-state index >= 15 is 0 Å². The molecule has 1 aliphatic heterocycles. The van der Waals surface area contributed by atoms with Crippen molar-refractivity contribution in [2.75, 3.05) is 12.1 Å². The smallest absolute Gasteiger partial charge is 0.385 e. The summed E-state index contributed by atoms with van der Waals surface area (Å²) < 4.78 is 52.6. The Morgan fingerprint density at radius 3 is 2.42 bits per heavy atom. The molecule has 1 saturated heterocycles. The second-order valence-corrected chi connectivity index (χ2v) is 10.6. The van der Waals surface area contributed by atoms with Crippen molar-refractivity contribution in [3.05, 3.63) is 12.7 Å². The number of imidazole rings is 1. The number of phosphoric acid groups is 2. The summed E-state index contributed by atoms with van der Waals surface area (Å²) in [5, 5.41) is 20.3. The van der Waals surface area contributed by atoms with Crippen LogP contribution in [0.25, 0.3) is 11.2 Å². The van der Waals surface area contributed by atoms with E-state index in [0.29, 0.717) is 0 Å². The summed E-state index contributed by atoms with van der Waals surface area (Å²) in [5.41, 5.74) is 5.92. The normalized spacial score (nSPS) is 28.5. The Balaban J connectivity index is 1.71. The molecular formula is C10H16N5O13P3. The number of ether oxygens (including phenoxy) is 1. The van der Waals surface area contributed by atoms with E-state index < -0.39 is 54.3 Å². The number of anilines is 1. The molecule has 0 aromatic carbocycles. The van der Waals surface area contributed by atoms with E-state index in [0.717, 1.165) is 17.2 Å². The lowest BCUT2D eigenvalue weighted by molar-refractivity contribution is -0.129. The average molecular weight is 507 g/mol. The van der Waals surface area contributed by atoms with Crippen molar-refractivity contribution in [3.63, 3.8) is 0 Å². The second kappa shape index (κ2) is 8.53. The quantitative estimate of drug-likeness (QED) is 0.197. The molecule has 174 valence electrons. The Morgan fingerprint density at radius 1 is 1.10 bits per heavy atom. The minimum absolute atomic E-state index is 0.0209. The van der Waals surface area contributed by atoms with Crippen LogP contribution >= 0.6 is 23.2 Å². The van der Waals surface area contributed by atoms with Crippen molar-refractivity contribution in [1.29, 1.82) is 0 Å². The second-order valence-electron chi connectivity index (χ2n) is 6.00. The van der Waals surface area contributed by atoms with Crippen LogP contribution in [0.4, 0.5) is 5.82 Å². The van der Waals surface area contributed by atoms with Gasteiger partial charge in [0, 0.05) is 0 Å². The fourth-order valence-corrected chi connectivity index (χ4v) is 5.49.